The van der Waals surface area contributed by atoms with Crippen LogP contribution < -0.4 is 0 Å². The summed E-state index contributed by atoms with van der Waals surface area (Å²) in [4.78, 5) is 0. The molecule has 0 spiro atoms. The lowest BCUT2D eigenvalue weighted by Crippen LogP contribution is -2.09. The first-order valence-corrected chi connectivity index (χ1v) is 3.52. The first kappa shape index (κ1) is 7.04. The average Bonchev–Trinajstić information content (AvgIpc) is 2.10. The fourth-order valence-corrected chi connectivity index (χ4v) is 1.39. The molecule has 9 heavy (non-hydrogen) atoms. The van der Waals surface area contributed by atoms with Crippen molar-refractivity contribution in [1.29, 1.82) is 0 Å². The smallest absolute Gasteiger partial charge is 0.207 e. The van der Waals surface area contributed by atoms with Gasteiger partial charge >= 0.3 is 0 Å². The Balaban J connectivity index is 2.38. The van der Waals surface area contributed by atoms with Gasteiger partial charge in [0.2, 0.25) is 5.92 Å². The van der Waals surface area contributed by atoms with Gasteiger partial charge in [0.1, 0.15) is 7.28 Å². The second-order valence-corrected chi connectivity index (χ2v) is 2.87. The maximum absolute atomic E-state index is 12.4. The van der Waals surface area contributed by atoms with Crippen LogP contribution >= 0.6 is 0 Å². The number of hydrogen-bond acceptors (Lipinski definition) is 0. The van der Waals surface area contributed by atoms with Crippen LogP contribution in [0, 0.1) is 0 Å². The van der Waals surface area contributed by atoms with Gasteiger partial charge < -0.3 is 0 Å². The molecule has 3 heteroatoms. The first-order chi connectivity index (χ1) is 4.14. The maximum atomic E-state index is 12.4. The highest BCUT2D eigenvalue weighted by Crippen LogP contribution is 2.41. The Hall–Kier alpha value is -0.0751. The molecule has 0 bridgehead atoms. The van der Waals surface area contributed by atoms with Crippen LogP contribution in [0.2, 0.25) is 12.6 Å². The van der Waals surface area contributed by atoms with Crippen molar-refractivity contribution >= 4 is 7.28 Å². The average molecular weight is 132 g/mol. The molecule has 0 aromatic heterocycles. The molecule has 1 atom stereocenters. The van der Waals surface area contributed by atoms with Crippen molar-refractivity contribution < 1.29 is 8.78 Å². The molecular weight excluding hydrogens is 121 g/mol. The van der Waals surface area contributed by atoms with E-state index in [2.05, 4.69) is 0 Å². The van der Waals surface area contributed by atoms with Crippen LogP contribution in [0.15, 0.2) is 0 Å². The van der Waals surface area contributed by atoms with Crippen LogP contribution in [-0.2, 0) is 0 Å². The van der Waals surface area contributed by atoms with Crippen molar-refractivity contribution in [2.45, 2.75) is 37.8 Å². The van der Waals surface area contributed by atoms with Crippen molar-refractivity contribution in [3.05, 3.63) is 0 Å². The van der Waals surface area contributed by atoms with E-state index in [9.17, 15) is 8.78 Å². The molecule has 1 saturated carbocycles. The van der Waals surface area contributed by atoms with Gasteiger partial charge in [0.25, 0.3) is 0 Å². The lowest BCUT2D eigenvalue weighted by Gasteiger charge is -2.06. The normalized spacial score (nSPS) is 32.6. The summed E-state index contributed by atoms with van der Waals surface area (Å²) in [5, 5.41) is 0. The van der Waals surface area contributed by atoms with E-state index < -0.39 is 5.92 Å². The first-order valence-electron chi connectivity index (χ1n) is 3.52. The lowest BCUT2D eigenvalue weighted by molar-refractivity contribution is 0.00935. The van der Waals surface area contributed by atoms with Crippen molar-refractivity contribution in [2.24, 2.45) is 0 Å². The zero-order valence-corrected chi connectivity index (χ0v) is 5.66. The van der Waals surface area contributed by atoms with Gasteiger partial charge in [0, 0.05) is 12.8 Å². The molecular formula is C6H11BF2. The number of hydrogen-bond donors (Lipinski definition) is 0. The fourth-order valence-electron chi connectivity index (χ4n) is 1.39. The van der Waals surface area contributed by atoms with Crippen molar-refractivity contribution in [2.75, 3.05) is 0 Å². The highest BCUT2D eigenvalue weighted by Gasteiger charge is 2.38. The molecule has 52 valence electrons. The highest BCUT2D eigenvalue weighted by molar-refractivity contribution is 6.35. The van der Waals surface area contributed by atoms with E-state index in [1.807, 2.05) is 6.82 Å². The second kappa shape index (κ2) is 2.27. The minimum Gasteiger partial charge on any atom is -0.207 e. The number of halogens is 2. The van der Waals surface area contributed by atoms with E-state index in [1.54, 1.807) is 0 Å². The van der Waals surface area contributed by atoms with Crippen molar-refractivity contribution in [3.63, 3.8) is 0 Å². The third-order valence-corrected chi connectivity index (χ3v) is 2.08. The molecule has 0 amide bonds. The molecule has 0 saturated heterocycles. The number of rotatable bonds is 1. The minimum absolute atomic E-state index is 0.117. The van der Waals surface area contributed by atoms with Crippen LogP contribution in [0.5, 0.6) is 0 Å². The van der Waals surface area contributed by atoms with Crippen LogP contribution in [0.3, 0.4) is 0 Å². The summed E-state index contributed by atoms with van der Waals surface area (Å²) in [7, 11) is 0.912. The SMILES string of the molecule is CBC1CCC(F)(F)C1. The van der Waals surface area contributed by atoms with Crippen LogP contribution in [0.25, 0.3) is 0 Å². The summed E-state index contributed by atoms with van der Waals surface area (Å²) in [5.74, 6) is -2.04. The monoisotopic (exact) mass is 132 g/mol. The molecule has 1 fully saturated rings. The van der Waals surface area contributed by atoms with E-state index >= 15 is 0 Å². The summed E-state index contributed by atoms with van der Waals surface area (Å²) in [6.45, 7) is 1.98. The molecule has 1 aliphatic rings. The van der Waals surface area contributed by atoms with Gasteiger partial charge in [0.05, 0.1) is 0 Å². The summed E-state index contributed by atoms with van der Waals surface area (Å²) in [6.07, 6.45) is 0.971. The van der Waals surface area contributed by atoms with E-state index in [0.29, 0.717) is 5.82 Å². The van der Waals surface area contributed by atoms with Gasteiger partial charge in [-0.05, 0) is 0 Å². The zero-order valence-electron chi connectivity index (χ0n) is 5.66. The lowest BCUT2D eigenvalue weighted by atomic mass is 9.66. The third-order valence-electron chi connectivity index (χ3n) is 2.08. The molecule has 0 aromatic rings. The standard InChI is InChI=1S/C6H11BF2/c1-7-5-2-3-6(8,9)4-5/h5,7H,2-4H2,1H3. The highest BCUT2D eigenvalue weighted by atomic mass is 19.3. The molecule has 0 radical (unpaired) electrons. The Morgan fingerprint density at radius 3 is 2.44 bits per heavy atom. The van der Waals surface area contributed by atoms with Crippen molar-refractivity contribution in [1.82, 2.24) is 0 Å². The molecule has 0 aliphatic heterocycles. The summed E-state index contributed by atoms with van der Waals surface area (Å²) in [5.41, 5.74) is 0. The molecule has 0 N–H and O–H groups in total. The van der Waals surface area contributed by atoms with E-state index in [0.717, 1.165) is 13.7 Å². The Morgan fingerprint density at radius 2 is 2.22 bits per heavy atom. The van der Waals surface area contributed by atoms with E-state index in [-0.39, 0.29) is 12.8 Å². The Bertz CT molecular complexity index is 103. The van der Waals surface area contributed by atoms with Gasteiger partial charge in [-0.1, -0.05) is 19.1 Å². The van der Waals surface area contributed by atoms with Gasteiger partial charge in [-0.15, -0.1) is 0 Å². The third kappa shape index (κ3) is 1.67. The quantitative estimate of drug-likeness (QED) is 0.479. The molecule has 0 heterocycles. The van der Waals surface area contributed by atoms with Gasteiger partial charge in [-0.3, -0.25) is 0 Å². The largest absolute Gasteiger partial charge is 0.247 e. The topological polar surface area (TPSA) is 0 Å². The molecule has 1 rings (SSSR count). The van der Waals surface area contributed by atoms with Crippen LogP contribution in [0.1, 0.15) is 19.3 Å². The molecule has 0 nitrogen and oxygen atoms in total. The van der Waals surface area contributed by atoms with E-state index in [4.69, 9.17) is 0 Å². The summed E-state index contributed by atoms with van der Waals surface area (Å²) < 4.78 is 24.8. The predicted molar refractivity (Wildman–Crippen MR) is 35.6 cm³/mol. The Kier molecular flexibility index (Phi) is 1.78. The van der Waals surface area contributed by atoms with E-state index in [1.165, 1.54) is 0 Å². The maximum Gasteiger partial charge on any atom is 0.247 e. The van der Waals surface area contributed by atoms with Gasteiger partial charge in [-0.2, -0.15) is 0 Å². The number of alkyl halides is 2. The summed E-state index contributed by atoms with van der Waals surface area (Å²) in [6, 6.07) is 0. The second-order valence-electron chi connectivity index (χ2n) is 2.87. The molecule has 1 unspecified atom stereocenters. The molecule has 0 aromatic carbocycles. The minimum atomic E-state index is -2.33. The van der Waals surface area contributed by atoms with Crippen molar-refractivity contribution in [3.8, 4) is 0 Å². The predicted octanol–water partition coefficient (Wildman–Crippen LogP) is 2.08. The Labute approximate surface area is 54.9 Å². The zero-order chi connectivity index (χ0) is 6.91. The van der Waals surface area contributed by atoms with Crippen LogP contribution in [-0.4, -0.2) is 13.2 Å². The van der Waals surface area contributed by atoms with Gasteiger partial charge in [0.15, 0.2) is 0 Å². The van der Waals surface area contributed by atoms with Crippen LogP contribution in [0.4, 0.5) is 8.78 Å². The van der Waals surface area contributed by atoms with Gasteiger partial charge in [-0.25, -0.2) is 8.78 Å². The molecule has 1 aliphatic carbocycles. The fraction of sp³-hybridized carbons (Fsp3) is 1.00. The summed E-state index contributed by atoms with van der Waals surface area (Å²) >= 11 is 0. The Morgan fingerprint density at radius 1 is 1.56 bits per heavy atom.